The highest BCUT2D eigenvalue weighted by atomic mass is 16.1. The first-order chi connectivity index (χ1) is 11.3. The fraction of sp³-hybridized carbons (Fsp3) is 0.316. The average molecular weight is 305 g/mol. The molecule has 0 saturated heterocycles. The lowest BCUT2D eigenvalue weighted by atomic mass is 9.98. The summed E-state index contributed by atoms with van der Waals surface area (Å²) in [7, 11) is 0. The number of fused-ring (bicyclic) bond motifs is 2. The molecule has 3 aromatic rings. The van der Waals surface area contributed by atoms with Crippen LogP contribution >= 0.6 is 0 Å². The molecule has 0 aliphatic heterocycles. The van der Waals surface area contributed by atoms with E-state index in [2.05, 4.69) is 4.98 Å². The lowest BCUT2D eigenvalue weighted by molar-refractivity contribution is 0.603. The molecule has 0 amide bonds. The zero-order valence-electron chi connectivity index (χ0n) is 13.0. The van der Waals surface area contributed by atoms with E-state index in [1.165, 1.54) is 12.8 Å². The van der Waals surface area contributed by atoms with Crippen LogP contribution in [0.5, 0.6) is 0 Å². The Morgan fingerprint density at radius 2 is 1.87 bits per heavy atom. The monoisotopic (exact) mass is 305 g/mol. The zero-order valence-corrected chi connectivity index (χ0v) is 13.0. The van der Waals surface area contributed by atoms with E-state index in [1.54, 1.807) is 10.6 Å². The molecule has 4 heteroatoms. The molecule has 0 N–H and O–H groups in total. The summed E-state index contributed by atoms with van der Waals surface area (Å²) < 4.78 is 1.67. The van der Waals surface area contributed by atoms with Gasteiger partial charge < -0.3 is 0 Å². The van der Waals surface area contributed by atoms with Gasteiger partial charge in [0.05, 0.1) is 11.4 Å². The maximum atomic E-state index is 12.8. The van der Waals surface area contributed by atoms with Gasteiger partial charge in [-0.15, -0.1) is 0 Å². The molecule has 23 heavy (non-hydrogen) atoms. The Bertz CT molecular complexity index is 900. The van der Waals surface area contributed by atoms with E-state index in [-0.39, 0.29) is 5.56 Å². The van der Waals surface area contributed by atoms with Crippen LogP contribution in [0.1, 0.15) is 36.9 Å². The normalized spacial score (nSPS) is 15.0. The SMILES string of the molecule is O=c1c2c(nc3cc(-c4ccccn4)ccn13)CCCCCC2. The largest absolute Gasteiger partial charge is 0.269 e. The Hall–Kier alpha value is -2.49. The van der Waals surface area contributed by atoms with E-state index in [4.69, 9.17) is 4.98 Å². The molecule has 0 saturated carbocycles. The second-order valence-corrected chi connectivity index (χ2v) is 6.12. The fourth-order valence-electron chi connectivity index (χ4n) is 3.32. The molecule has 0 fully saturated rings. The molecule has 116 valence electrons. The summed E-state index contributed by atoms with van der Waals surface area (Å²) in [6.45, 7) is 0. The van der Waals surface area contributed by atoms with Gasteiger partial charge in [0, 0.05) is 23.5 Å². The van der Waals surface area contributed by atoms with E-state index in [1.807, 2.05) is 36.5 Å². The van der Waals surface area contributed by atoms with Crippen molar-refractivity contribution in [3.63, 3.8) is 0 Å². The van der Waals surface area contributed by atoms with Gasteiger partial charge in [0.1, 0.15) is 5.65 Å². The second-order valence-electron chi connectivity index (χ2n) is 6.12. The van der Waals surface area contributed by atoms with Crippen molar-refractivity contribution < 1.29 is 0 Å². The summed E-state index contributed by atoms with van der Waals surface area (Å²) >= 11 is 0. The van der Waals surface area contributed by atoms with Gasteiger partial charge in [-0.05, 0) is 49.9 Å². The van der Waals surface area contributed by atoms with Crippen LogP contribution in [0.4, 0.5) is 0 Å². The maximum absolute atomic E-state index is 12.8. The van der Waals surface area contributed by atoms with Crippen LogP contribution in [0.25, 0.3) is 16.9 Å². The lowest BCUT2D eigenvalue weighted by Crippen LogP contribution is -2.23. The highest BCUT2D eigenvalue weighted by Gasteiger charge is 2.15. The van der Waals surface area contributed by atoms with Crippen molar-refractivity contribution in [3.05, 3.63) is 64.3 Å². The number of aryl methyl sites for hydroxylation is 1. The first-order valence-corrected chi connectivity index (χ1v) is 8.28. The summed E-state index contributed by atoms with van der Waals surface area (Å²) in [4.78, 5) is 22.0. The molecule has 3 aromatic heterocycles. The average Bonchev–Trinajstić information content (AvgIpc) is 2.57. The minimum atomic E-state index is 0.0967. The van der Waals surface area contributed by atoms with Gasteiger partial charge in [-0.25, -0.2) is 4.98 Å². The van der Waals surface area contributed by atoms with Crippen LogP contribution in [0.15, 0.2) is 47.5 Å². The molecular weight excluding hydrogens is 286 g/mol. The van der Waals surface area contributed by atoms with Crippen LogP contribution in [-0.2, 0) is 12.8 Å². The molecule has 0 atom stereocenters. The molecule has 4 rings (SSSR count). The second kappa shape index (κ2) is 5.95. The van der Waals surface area contributed by atoms with Crippen molar-refractivity contribution in [2.45, 2.75) is 38.5 Å². The topological polar surface area (TPSA) is 47.3 Å². The Morgan fingerprint density at radius 1 is 1.00 bits per heavy atom. The van der Waals surface area contributed by atoms with Crippen molar-refractivity contribution in [2.24, 2.45) is 0 Å². The van der Waals surface area contributed by atoms with Crippen LogP contribution in [0.3, 0.4) is 0 Å². The van der Waals surface area contributed by atoms with Gasteiger partial charge in [0.2, 0.25) is 0 Å². The third kappa shape index (κ3) is 2.65. The van der Waals surface area contributed by atoms with Gasteiger partial charge in [0.25, 0.3) is 5.56 Å². The quantitative estimate of drug-likeness (QED) is 0.692. The van der Waals surface area contributed by atoms with Gasteiger partial charge in [-0.1, -0.05) is 18.9 Å². The van der Waals surface area contributed by atoms with Gasteiger partial charge >= 0.3 is 0 Å². The number of hydrogen-bond acceptors (Lipinski definition) is 3. The van der Waals surface area contributed by atoms with Crippen LogP contribution in [0, 0.1) is 0 Å². The standard InChI is InChI=1S/C19H19N3O/c23-19-15-7-3-1-2-4-9-17(15)21-18-13-14(10-12-22(18)19)16-8-5-6-11-20-16/h5-6,8,10-13H,1-4,7,9H2. The predicted octanol–water partition coefficient (Wildman–Crippen LogP) is 3.42. The van der Waals surface area contributed by atoms with Gasteiger partial charge in [0.15, 0.2) is 0 Å². The first-order valence-electron chi connectivity index (χ1n) is 8.28. The molecule has 1 aliphatic rings. The van der Waals surface area contributed by atoms with Crippen molar-refractivity contribution in [1.29, 1.82) is 0 Å². The Labute approximate surface area is 134 Å². The third-order valence-electron chi connectivity index (χ3n) is 4.56. The van der Waals surface area contributed by atoms with Crippen molar-refractivity contribution >= 4 is 5.65 Å². The highest BCUT2D eigenvalue weighted by molar-refractivity contribution is 5.63. The van der Waals surface area contributed by atoms with E-state index in [9.17, 15) is 4.79 Å². The molecule has 0 radical (unpaired) electrons. The van der Waals surface area contributed by atoms with E-state index in [0.717, 1.165) is 53.8 Å². The van der Waals surface area contributed by atoms with Crippen molar-refractivity contribution in [2.75, 3.05) is 0 Å². The highest BCUT2D eigenvalue weighted by Crippen LogP contribution is 2.20. The number of rotatable bonds is 1. The minimum Gasteiger partial charge on any atom is -0.269 e. The maximum Gasteiger partial charge on any atom is 0.261 e. The molecule has 1 aliphatic carbocycles. The number of pyridine rings is 2. The van der Waals surface area contributed by atoms with Crippen LogP contribution < -0.4 is 5.56 Å². The first kappa shape index (κ1) is 14.1. The number of nitrogens with zero attached hydrogens (tertiary/aromatic N) is 3. The van der Waals surface area contributed by atoms with E-state index in [0.29, 0.717) is 0 Å². The number of hydrogen-bond donors (Lipinski definition) is 0. The number of aromatic nitrogens is 3. The predicted molar refractivity (Wildman–Crippen MR) is 90.6 cm³/mol. The van der Waals surface area contributed by atoms with E-state index >= 15 is 0 Å². The van der Waals surface area contributed by atoms with Gasteiger partial charge in [-0.2, -0.15) is 0 Å². The van der Waals surface area contributed by atoms with Crippen LogP contribution in [0.2, 0.25) is 0 Å². The lowest BCUT2D eigenvalue weighted by Gasteiger charge is -2.14. The molecule has 0 bridgehead atoms. The molecule has 3 heterocycles. The van der Waals surface area contributed by atoms with Crippen LogP contribution in [-0.4, -0.2) is 14.4 Å². The zero-order chi connectivity index (χ0) is 15.6. The van der Waals surface area contributed by atoms with Crippen molar-refractivity contribution in [3.8, 4) is 11.3 Å². The Kier molecular flexibility index (Phi) is 3.66. The van der Waals surface area contributed by atoms with Gasteiger partial charge in [-0.3, -0.25) is 14.2 Å². The summed E-state index contributed by atoms with van der Waals surface area (Å²) in [5.74, 6) is 0. The summed E-state index contributed by atoms with van der Waals surface area (Å²) in [6, 6.07) is 9.73. The molecular formula is C19H19N3O. The van der Waals surface area contributed by atoms with E-state index < -0.39 is 0 Å². The summed E-state index contributed by atoms with van der Waals surface area (Å²) in [5, 5.41) is 0. The third-order valence-corrected chi connectivity index (χ3v) is 4.56. The Morgan fingerprint density at radius 3 is 2.70 bits per heavy atom. The smallest absolute Gasteiger partial charge is 0.261 e. The molecule has 4 nitrogen and oxygen atoms in total. The molecule has 0 spiro atoms. The fourth-order valence-corrected chi connectivity index (χ4v) is 3.32. The van der Waals surface area contributed by atoms with Crippen molar-refractivity contribution in [1.82, 2.24) is 14.4 Å². The molecule has 0 unspecified atom stereocenters. The minimum absolute atomic E-state index is 0.0967. The summed E-state index contributed by atoms with van der Waals surface area (Å²) in [5.41, 5.74) is 4.61. The Balaban J connectivity index is 1.89. The summed E-state index contributed by atoms with van der Waals surface area (Å²) in [6.07, 6.45) is 10.0. The molecule has 0 aromatic carbocycles.